The number of rotatable bonds is 3. The Morgan fingerprint density at radius 3 is 1.77 bits per heavy atom. The van der Waals surface area contributed by atoms with Crippen LogP contribution in [0.5, 0.6) is 0 Å². The SMILES string of the molecule is c1ccc2cc(-c3coc4c3ccc3oc5c(-c6c7ccccc7c(-c7ccc8oc9ccccc9c8c7)c7ccccc67)cccc5c34)ccc2c1. The Hall–Kier alpha value is -7.10. The summed E-state index contributed by atoms with van der Waals surface area (Å²) in [5.74, 6) is 0. The lowest BCUT2D eigenvalue weighted by Gasteiger charge is -2.18. The van der Waals surface area contributed by atoms with E-state index in [0.29, 0.717) is 0 Å². The normalized spacial score (nSPS) is 12.2. The van der Waals surface area contributed by atoms with E-state index in [1.807, 2.05) is 18.4 Å². The summed E-state index contributed by atoms with van der Waals surface area (Å²) in [4.78, 5) is 0. The molecule has 0 spiro atoms. The Morgan fingerprint density at radius 2 is 0.962 bits per heavy atom. The van der Waals surface area contributed by atoms with E-state index in [1.165, 1.54) is 37.9 Å². The van der Waals surface area contributed by atoms with Crippen LogP contribution in [0.4, 0.5) is 0 Å². The van der Waals surface area contributed by atoms with Gasteiger partial charge in [0.05, 0.1) is 11.6 Å². The van der Waals surface area contributed by atoms with Crippen molar-refractivity contribution in [3.63, 3.8) is 0 Å². The van der Waals surface area contributed by atoms with E-state index in [1.54, 1.807) is 0 Å². The minimum absolute atomic E-state index is 0.810. The zero-order chi connectivity index (χ0) is 34.6. The summed E-state index contributed by atoms with van der Waals surface area (Å²) < 4.78 is 19.5. The van der Waals surface area contributed by atoms with Crippen molar-refractivity contribution in [2.75, 3.05) is 0 Å². The van der Waals surface area contributed by atoms with Crippen LogP contribution < -0.4 is 0 Å². The zero-order valence-corrected chi connectivity index (χ0v) is 28.4. The zero-order valence-electron chi connectivity index (χ0n) is 28.4. The molecule has 0 bridgehead atoms. The Labute approximate surface area is 302 Å². The number of para-hydroxylation sites is 2. The molecule has 0 unspecified atom stereocenters. The molecule has 12 rings (SSSR count). The van der Waals surface area contributed by atoms with Gasteiger partial charge in [0.15, 0.2) is 0 Å². The summed E-state index contributed by atoms with van der Waals surface area (Å²) >= 11 is 0. The molecule has 12 aromatic rings. The van der Waals surface area contributed by atoms with Crippen molar-refractivity contribution >= 4 is 87.2 Å². The maximum Gasteiger partial charge on any atom is 0.146 e. The molecular formula is C50H28O3. The minimum atomic E-state index is 0.810. The third-order valence-corrected chi connectivity index (χ3v) is 11.1. The molecule has 3 heteroatoms. The molecule has 0 aliphatic heterocycles. The average Bonchev–Trinajstić information content (AvgIpc) is 3.93. The van der Waals surface area contributed by atoms with Gasteiger partial charge in [0.1, 0.15) is 27.9 Å². The van der Waals surface area contributed by atoms with Crippen LogP contribution in [-0.4, -0.2) is 0 Å². The van der Waals surface area contributed by atoms with Crippen molar-refractivity contribution < 1.29 is 13.3 Å². The van der Waals surface area contributed by atoms with Crippen LogP contribution in [0.1, 0.15) is 0 Å². The van der Waals surface area contributed by atoms with Crippen LogP contribution in [0.25, 0.3) is 121 Å². The third kappa shape index (κ3) is 4.05. The smallest absolute Gasteiger partial charge is 0.146 e. The first-order chi connectivity index (χ1) is 26.3. The number of benzene rings is 9. The van der Waals surface area contributed by atoms with E-state index in [9.17, 15) is 0 Å². The van der Waals surface area contributed by atoms with Crippen LogP contribution in [0, 0.1) is 0 Å². The lowest BCUT2D eigenvalue weighted by atomic mass is 9.85. The fourth-order valence-corrected chi connectivity index (χ4v) is 8.76. The van der Waals surface area contributed by atoms with Gasteiger partial charge in [-0.2, -0.15) is 0 Å². The lowest BCUT2D eigenvalue weighted by molar-refractivity contribution is 0.619. The summed E-state index contributed by atoms with van der Waals surface area (Å²) in [7, 11) is 0. The van der Waals surface area contributed by atoms with Gasteiger partial charge in [-0.1, -0.05) is 127 Å². The largest absolute Gasteiger partial charge is 0.463 e. The van der Waals surface area contributed by atoms with E-state index >= 15 is 0 Å². The van der Waals surface area contributed by atoms with Gasteiger partial charge in [-0.25, -0.2) is 0 Å². The van der Waals surface area contributed by atoms with Crippen molar-refractivity contribution in [3.8, 4) is 33.4 Å². The minimum Gasteiger partial charge on any atom is -0.463 e. The fraction of sp³-hybridized carbons (Fsp3) is 0. The molecule has 0 atom stereocenters. The highest BCUT2D eigenvalue weighted by atomic mass is 16.3. The fourth-order valence-electron chi connectivity index (χ4n) is 8.76. The summed E-state index contributed by atoms with van der Waals surface area (Å²) in [5, 5.41) is 12.5. The van der Waals surface area contributed by atoms with Crippen molar-refractivity contribution in [2.45, 2.75) is 0 Å². The van der Waals surface area contributed by atoms with Gasteiger partial charge >= 0.3 is 0 Å². The van der Waals surface area contributed by atoms with E-state index in [0.717, 1.165) is 82.7 Å². The van der Waals surface area contributed by atoms with Crippen molar-refractivity contribution in [3.05, 3.63) is 170 Å². The van der Waals surface area contributed by atoms with E-state index in [4.69, 9.17) is 13.3 Å². The average molecular weight is 677 g/mol. The highest BCUT2D eigenvalue weighted by Crippen LogP contribution is 2.48. The quantitative estimate of drug-likeness (QED) is 0.175. The molecule has 0 aliphatic carbocycles. The Morgan fingerprint density at radius 1 is 0.321 bits per heavy atom. The van der Waals surface area contributed by atoms with Crippen LogP contribution in [0.15, 0.2) is 183 Å². The first-order valence-corrected chi connectivity index (χ1v) is 18.0. The molecule has 0 saturated heterocycles. The van der Waals surface area contributed by atoms with E-state index < -0.39 is 0 Å². The second-order valence-corrected chi connectivity index (χ2v) is 14.0. The molecule has 0 amide bonds. The van der Waals surface area contributed by atoms with Crippen molar-refractivity contribution in [2.24, 2.45) is 0 Å². The van der Waals surface area contributed by atoms with Crippen molar-refractivity contribution in [1.29, 1.82) is 0 Å². The van der Waals surface area contributed by atoms with Gasteiger partial charge in [-0.05, 0) is 85.4 Å². The molecule has 3 aromatic heterocycles. The predicted molar refractivity (Wildman–Crippen MR) is 220 cm³/mol. The molecule has 3 nitrogen and oxygen atoms in total. The molecular weight excluding hydrogens is 649 g/mol. The van der Waals surface area contributed by atoms with Gasteiger partial charge in [0.2, 0.25) is 0 Å². The number of hydrogen-bond donors (Lipinski definition) is 0. The molecule has 3 heterocycles. The van der Waals surface area contributed by atoms with Gasteiger partial charge in [0.25, 0.3) is 0 Å². The number of furan rings is 3. The molecule has 0 saturated carbocycles. The maximum absolute atomic E-state index is 6.84. The summed E-state index contributed by atoms with van der Waals surface area (Å²) in [6, 6.07) is 58.2. The van der Waals surface area contributed by atoms with Crippen LogP contribution in [-0.2, 0) is 0 Å². The number of fused-ring (bicyclic) bond motifs is 11. The summed E-state index contributed by atoms with van der Waals surface area (Å²) in [6.07, 6.45) is 1.89. The highest BCUT2D eigenvalue weighted by Gasteiger charge is 2.23. The monoisotopic (exact) mass is 676 g/mol. The van der Waals surface area contributed by atoms with Gasteiger partial charge < -0.3 is 13.3 Å². The summed E-state index contributed by atoms with van der Waals surface area (Å²) in [6.45, 7) is 0. The predicted octanol–water partition coefficient (Wildman–Crippen LogP) is 14.7. The second kappa shape index (κ2) is 10.7. The molecule has 0 aliphatic rings. The standard InChI is InChI=1S/C50H28O3/c1-2-11-30-26-31(21-20-29(30)10-1)42-28-51-50-38(42)23-25-45-48(50)40-18-9-17-39(49(40)53-45)47-36-15-5-3-13-34(36)46(35-14-4-6-16-37(35)47)32-22-24-44-41(27-32)33-12-7-8-19-43(33)52-44/h1-28H. The molecule has 53 heavy (non-hydrogen) atoms. The van der Waals surface area contributed by atoms with Crippen molar-refractivity contribution in [1.82, 2.24) is 0 Å². The van der Waals surface area contributed by atoms with Crippen LogP contribution in [0.3, 0.4) is 0 Å². The summed E-state index contributed by atoms with van der Waals surface area (Å²) in [5.41, 5.74) is 11.1. The molecule has 9 aromatic carbocycles. The molecule has 0 radical (unpaired) electrons. The third-order valence-electron chi connectivity index (χ3n) is 11.1. The second-order valence-electron chi connectivity index (χ2n) is 14.0. The maximum atomic E-state index is 6.84. The highest BCUT2D eigenvalue weighted by molar-refractivity contribution is 6.26. The topological polar surface area (TPSA) is 39.4 Å². The first kappa shape index (κ1) is 28.6. The first-order valence-electron chi connectivity index (χ1n) is 18.0. The lowest BCUT2D eigenvalue weighted by Crippen LogP contribution is -1.91. The van der Waals surface area contributed by atoms with Gasteiger partial charge in [-0.15, -0.1) is 0 Å². The molecule has 0 N–H and O–H groups in total. The van der Waals surface area contributed by atoms with E-state index in [2.05, 4.69) is 152 Å². The van der Waals surface area contributed by atoms with Crippen LogP contribution >= 0.6 is 0 Å². The molecule has 0 fully saturated rings. The van der Waals surface area contributed by atoms with Gasteiger partial charge in [-0.3, -0.25) is 0 Å². The van der Waals surface area contributed by atoms with Crippen LogP contribution in [0.2, 0.25) is 0 Å². The Balaban J connectivity index is 1.11. The van der Waals surface area contributed by atoms with Gasteiger partial charge in [0, 0.05) is 38.2 Å². The Bertz CT molecular complexity index is 3410. The molecule has 246 valence electrons. The number of hydrogen-bond acceptors (Lipinski definition) is 3. The van der Waals surface area contributed by atoms with E-state index in [-0.39, 0.29) is 0 Å². The Kier molecular flexibility index (Phi) is 5.77.